The number of halogens is 1. The Hall–Kier alpha value is -2.46. The molecule has 0 radical (unpaired) electrons. The Morgan fingerprint density at radius 2 is 1.92 bits per heavy atom. The molecule has 124 valence electrons. The van der Waals surface area contributed by atoms with Crippen LogP contribution in [-0.4, -0.2) is 19.1 Å². The summed E-state index contributed by atoms with van der Waals surface area (Å²) < 4.78 is 17.5. The first-order chi connectivity index (χ1) is 11.7. The highest BCUT2D eigenvalue weighted by atomic mass is 19.1. The van der Waals surface area contributed by atoms with E-state index in [1.54, 1.807) is 6.08 Å². The van der Waals surface area contributed by atoms with E-state index in [1.165, 1.54) is 36.4 Å². The van der Waals surface area contributed by atoms with Gasteiger partial charge in [0.1, 0.15) is 5.82 Å². The van der Waals surface area contributed by atoms with Crippen molar-refractivity contribution in [1.82, 2.24) is 5.32 Å². The number of methoxy groups -OCH3 is 1. The van der Waals surface area contributed by atoms with Crippen LogP contribution in [0, 0.1) is 5.82 Å². The number of esters is 1. The summed E-state index contributed by atoms with van der Waals surface area (Å²) in [7, 11) is 1.36. The van der Waals surface area contributed by atoms with Gasteiger partial charge in [-0.25, -0.2) is 9.18 Å². The van der Waals surface area contributed by atoms with Crippen molar-refractivity contribution < 1.29 is 13.9 Å². The van der Waals surface area contributed by atoms with E-state index in [2.05, 4.69) is 10.1 Å². The van der Waals surface area contributed by atoms with Gasteiger partial charge in [-0.1, -0.05) is 36.4 Å². The van der Waals surface area contributed by atoms with Gasteiger partial charge in [0.05, 0.1) is 7.11 Å². The molecule has 2 unspecified atom stereocenters. The molecule has 3 nitrogen and oxygen atoms in total. The van der Waals surface area contributed by atoms with Gasteiger partial charge in [0.25, 0.3) is 0 Å². The van der Waals surface area contributed by atoms with Gasteiger partial charge in [-0.2, -0.15) is 0 Å². The predicted octanol–water partition coefficient (Wildman–Crippen LogP) is 3.66. The zero-order chi connectivity index (χ0) is 16.9. The summed E-state index contributed by atoms with van der Waals surface area (Å²) in [6.45, 7) is 0.795. The maximum absolute atomic E-state index is 12.9. The molecule has 2 aromatic carbocycles. The molecule has 2 atom stereocenters. The van der Waals surface area contributed by atoms with Crippen LogP contribution in [0.4, 0.5) is 4.39 Å². The fourth-order valence-corrected chi connectivity index (χ4v) is 2.73. The Bertz CT molecular complexity index is 722. The highest BCUT2D eigenvalue weighted by Gasteiger charge is 2.37. The quantitative estimate of drug-likeness (QED) is 0.651. The lowest BCUT2D eigenvalue weighted by molar-refractivity contribution is -0.134. The molecule has 0 aliphatic heterocycles. The Kier molecular flexibility index (Phi) is 5.06. The van der Waals surface area contributed by atoms with E-state index in [9.17, 15) is 9.18 Å². The zero-order valence-electron chi connectivity index (χ0n) is 13.5. The van der Waals surface area contributed by atoms with Crippen molar-refractivity contribution in [2.75, 3.05) is 7.11 Å². The second-order valence-corrected chi connectivity index (χ2v) is 5.98. The van der Waals surface area contributed by atoms with Crippen molar-refractivity contribution in [2.45, 2.75) is 24.9 Å². The van der Waals surface area contributed by atoms with Gasteiger partial charge in [-0.3, -0.25) is 0 Å². The van der Waals surface area contributed by atoms with Crippen LogP contribution in [0.25, 0.3) is 6.08 Å². The topological polar surface area (TPSA) is 38.3 Å². The number of benzene rings is 2. The molecule has 1 saturated carbocycles. The molecule has 1 aliphatic rings. The fourth-order valence-electron chi connectivity index (χ4n) is 2.73. The number of rotatable bonds is 6. The van der Waals surface area contributed by atoms with Crippen molar-refractivity contribution in [3.05, 3.63) is 77.1 Å². The van der Waals surface area contributed by atoms with Crippen LogP contribution in [0.3, 0.4) is 0 Å². The number of ether oxygens (including phenoxy) is 1. The Morgan fingerprint density at radius 1 is 1.21 bits per heavy atom. The molecule has 0 heterocycles. The number of hydrogen-bond donors (Lipinski definition) is 1. The molecule has 1 aliphatic carbocycles. The molecular weight excluding hydrogens is 305 g/mol. The van der Waals surface area contributed by atoms with E-state index in [0.717, 1.165) is 18.5 Å². The van der Waals surface area contributed by atoms with Crippen molar-refractivity contribution in [1.29, 1.82) is 0 Å². The largest absolute Gasteiger partial charge is 0.466 e. The first kappa shape index (κ1) is 16.4. The third-order valence-electron chi connectivity index (χ3n) is 4.25. The Morgan fingerprint density at radius 3 is 2.58 bits per heavy atom. The lowest BCUT2D eigenvalue weighted by Gasteiger charge is -2.05. The molecule has 0 bridgehead atoms. The summed E-state index contributed by atoms with van der Waals surface area (Å²) in [5.74, 6) is -0.0700. The molecule has 0 saturated heterocycles. The van der Waals surface area contributed by atoms with E-state index in [4.69, 9.17) is 0 Å². The molecule has 3 rings (SSSR count). The standard InChI is InChI=1S/C20H20FNO2/c1-24-20(23)11-6-14-2-4-15(5-3-14)13-22-19-12-18(19)16-7-9-17(21)10-8-16/h2-11,18-19,22H,12-13H2,1H3/b11-6+. The van der Waals surface area contributed by atoms with Crippen LogP contribution in [0.15, 0.2) is 54.6 Å². The van der Waals surface area contributed by atoms with Gasteiger partial charge in [0.15, 0.2) is 0 Å². The van der Waals surface area contributed by atoms with Crippen LogP contribution in [0.1, 0.15) is 29.0 Å². The summed E-state index contributed by atoms with van der Waals surface area (Å²) in [6.07, 6.45) is 4.23. The molecule has 0 aromatic heterocycles. The predicted molar refractivity (Wildman–Crippen MR) is 91.9 cm³/mol. The van der Waals surface area contributed by atoms with Crippen molar-refractivity contribution in [3.8, 4) is 0 Å². The molecule has 0 amide bonds. The molecule has 1 fully saturated rings. The molecule has 1 N–H and O–H groups in total. The van der Waals surface area contributed by atoms with Crippen LogP contribution in [0.5, 0.6) is 0 Å². The average Bonchev–Trinajstić information content (AvgIpc) is 3.39. The lowest BCUT2D eigenvalue weighted by Crippen LogP contribution is -2.17. The molecule has 24 heavy (non-hydrogen) atoms. The molecular formula is C20H20FNO2. The van der Waals surface area contributed by atoms with Gasteiger partial charge in [-0.15, -0.1) is 0 Å². The maximum atomic E-state index is 12.9. The third-order valence-corrected chi connectivity index (χ3v) is 4.25. The minimum atomic E-state index is -0.360. The highest BCUT2D eigenvalue weighted by Crippen LogP contribution is 2.40. The van der Waals surface area contributed by atoms with Gasteiger partial charge in [-0.05, 0) is 41.3 Å². The van der Waals surface area contributed by atoms with E-state index >= 15 is 0 Å². The van der Waals surface area contributed by atoms with Gasteiger partial charge < -0.3 is 10.1 Å². The highest BCUT2D eigenvalue weighted by molar-refractivity contribution is 5.86. The Labute approximate surface area is 141 Å². The van der Waals surface area contributed by atoms with Crippen LogP contribution >= 0.6 is 0 Å². The fraction of sp³-hybridized carbons (Fsp3) is 0.250. The second-order valence-electron chi connectivity index (χ2n) is 5.98. The SMILES string of the molecule is COC(=O)/C=C/c1ccc(CNC2CC2c2ccc(F)cc2)cc1. The summed E-state index contributed by atoms with van der Waals surface area (Å²) in [6, 6.07) is 15.2. The third kappa shape index (κ3) is 4.30. The number of carbonyl (C=O) groups is 1. The molecule has 4 heteroatoms. The number of hydrogen-bond acceptors (Lipinski definition) is 3. The Balaban J connectivity index is 1.48. The van der Waals surface area contributed by atoms with Crippen LogP contribution in [0.2, 0.25) is 0 Å². The summed E-state index contributed by atoms with van der Waals surface area (Å²) in [4.78, 5) is 11.1. The van der Waals surface area contributed by atoms with Crippen molar-refractivity contribution in [2.24, 2.45) is 0 Å². The first-order valence-corrected chi connectivity index (χ1v) is 7.99. The minimum absolute atomic E-state index is 0.190. The molecule has 2 aromatic rings. The van der Waals surface area contributed by atoms with Crippen LogP contribution in [-0.2, 0) is 16.1 Å². The summed E-state index contributed by atoms with van der Waals surface area (Å²) in [5.41, 5.74) is 3.34. The summed E-state index contributed by atoms with van der Waals surface area (Å²) in [5, 5.41) is 3.53. The van der Waals surface area contributed by atoms with E-state index in [0.29, 0.717) is 12.0 Å². The monoisotopic (exact) mass is 325 g/mol. The van der Waals surface area contributed by atoms with E-state index < -0.39 is 0 Å². The number of carbonyl (C=O) groups excluding carboxylic acids is 1. The van der Waals surface area contributed by atoms with Gasteiger partial charge in [0.2, 0.25) is 0 Å². The van der Waals surface area contributed by atoms with Crippen LogP contribution < -0.4 is 5.32 Å². The van der Waals surface area contributed by atoms with Crippen molar-refractivity contribution >= 4 is 12.0 Å². The smallest absolute Gasteiger partial charge is 0.330 e. The molecule has 0 spiro atoms. The minimum Gasteiger partial charge on any atom is -0.466 e. The maximum Gasteiger partial charge on any atom is 0.330 e. The van der Waals surface area contributed by atoms with Crippen molar-refractivity contribution in [3.63, 3.8) is 0 Å². The second kappa shape index (κ2) is 7.41. The lowest BCUT2D eigenvalue weighted by atomic mass is 10.1. The first-order valence-electron chi connectivity index (χ1n) is 7.99. The zero-order valence-corrected chi connectivity index (χ0v) is 13.5. The van der Waals surface area contributed by atoms with Gasteiger partial charge >= 0.3 is 5.97 Å². The van der Waals surface area contributed by atoms with Gasteiger partial charge in [0, 0.05) is 24.6 Å². The van der Waals surface area contributed by atoms with E-state index in [-0.39, 0.29) is 11.8 Å². The summed E-state index contributed by atoms with van der Waals surface area (Å²) >= 11 is 0. The number of nitrogens with one attached hydrogen (secondary N) is 1. The average molecular weight is 325 g/mol. The normalized spacial score (nSPS) is 19.4. The van der Waals surface area contributed by atoms with E-state index in [1.807, 2.05) is 36.4 Å².